The number of ether oxygens (including phenoxy) is 2. The predicted molar refractivity (Wildman–Crippen MR) is 147 cm³/mol. The van der Waals surface area contributed by atoms with E-state index in [2.05, 4.69) is 11.4 Å². The molecule has 0 aromatic heterocycles. The molecule has 3 aliphatic rings. The molecule has 10 heteroatoms. The van der Waals surface area contributed by atoms with Gasteiger partial charge in [0.1, 0.15) is 17.5 Å². The van der Waals surface area contributed by atoms with Crippen molar-refractivity contribution in [3.63, 3.8) is 0 Å². The average Bonchev–Trinajstić information content (AvgIpc) is 3.58. The number of fused-ring (bicyclic) bond motifs is 6. The summed E-state index contributed by atoms with van der Waals surface area (Å²) in [5.74, 6) is -0.667. The van der Waals surface area contributed by atoms with Gasteiger partial charge < -0.3 is 36.3 Å². The summed E-state index contributed by atoms with van der Waals surface area (Å²) in [6, 6.07) is 17.4. The summed E-state index contributed by atoms with van der Waals surface area (Å²) < 4.78 is 12.8. The first kappa shape index (κ1) is 25.8. The van der Waals surface area contributed by atoms with Crippen LogP contribution in [0.5, 0.6) is 11.5 Å². The molecule has 0 bridgehead atoms. The lowest BCUT2D eigenvalue weighted by Crippen LogP contribution is -2.49. The molecule has 6 rings (SSSR count). The van der Waals surface area contributed by atoms with E-state index in [4.69, 9.17) is 26.0 Å². The van der Waals surface area contributed by atoms with Gasteiger partial charge in [-0.2, -0.15) is 0 Å². The van der Waals surface area contributed by atoms with Crippen LogP contribution in [0.25, 0.3) is 0 Å². The zero-order valence-corrected chi connectivity index (χ0v) is 21.8. The monoisotopic (exact) mass is 542 g/mol. The number of carboxylic acid groups (broad SMARTS) is 1. The molecule has 3 aromatic carbocycles. The van der Waals surface area contributed by atoms with E-state index >= 15 is 0 Å². The van der Waals surface area contributed by atoms with Crippen molar-refractivity contribution in [1.29, 1.82) is 0 Å². The highest BCUT2D eigenvalue weighted by Gasteiger charge is 2.49. The molecule has 0 saturated carbocycles. The number of nitrogens with zero attached hydrogens (tertiary/aromatic N) is 1. The molecule has 6 N–H and O–H groups in total. The number of likely N-dealkylation sites (tertiary alicyclic amines) is 1. The van der Waals surface area contributed by atoms with Crippen LogP contribution in [0, 0.1) is 0 Å². The molecule has 3 aliphatic heterocycles. The molecule has 3 atom stereocenters. The molecule has 0 aliphatic carbocycles. The van der Waals surface area contributed by atoms with Crippen LogP contribution in [0.3, 0.4) is 0 Å². The van der Waals surface area contributed by atoms with Crippen molar-refractivity contribution in [3.05, 3.63) is 82.9 Å². The van der Waals surface area contributed by atoms with Crippen molar-refractivity contribution in [2.75, 3.05) is 17.6 Å². The van der Waals surface area contributed by atoms with Crippen molar-refractivity contribution in [2.45, 2.75) is 50.0 Å². The van der Waals surface area contributed by atoms with Gasteiger partial charge in [-0.1, -0.05) is 24.3 Å². The zero-order valence-electron chi connectivity index (χ0n) is 21.8. The van der Waals surface area contributed by atoms with Gasteiger partial charge in [-0.25, -0.2) is 0 Å². The molecule has 3 aromatic rings. The molecule has 1 fully saturated rings. The summed E-state index contributed by atoms with van der Waals surface area (Å²) in [4.78, 5) is 38.5. The third-order valence-electron chi connectivity index (χ3n) is 7.90. The number of aliphatic carboxylic acids is 1. The number of nitrogens with two attached hydrogens (primary N) is 2. The number of hydrogen-bond donors (Lipinski definition) is 4. The van der Waals surface area contributed by atoms with Crippen LogP contribution in [-0.2, 0) is 31.3 Å². The molecular weight excluding hydrogens is 512 g/mol. The Labute approximate surface area is 230 Å². The van der Waals surface area contributed by atoms with Crippen LogP contribution in [0.1, 0.15) is 47.9 Å². The van der Waals surface area contributed by atoms with Crippen LogP contribution in [0.4, 0.5) is 11.4 Å². The van der Waals surface area contributed by atoms with Crippen LogP contribution in [-0.4, -0.2) is 46.4 Å². The number of carboxylic acids is 1. The summed E-state index contributed by atoms with van der Waals surface area (Å²) in [6.45, 7) is 0.834. The number of anilines is 2. The first-order chi connectivity index (χ1) is 19.3. The lowest BCUT2D eigenvalue weighted by molar-refractivity contribution is -0.139. The molecule has 0 radical (unpaired) electrons. The Morgan fingerprint density at radius 2 is 1.80 bits per heavy atom. The maximum Gasteiger partial charge on any atom is 0.303 e. The van der Waals surface area contributed by atoms with E-state index in [1.54, 1.807) is 18.2 Å². The van der Waals surface area contributed by atoms with Crippen molar-refractivity contribution >= 4 is 29.2 Å². The van der Waals surface area contributed by atoms with Crippen LogP contribution < -0.4 is 21.5 Å². The SMILES string of the molecule is Nc1ccc2c(c1)Oc1cc(NC(=O)[C@@H]3CCCN3C(=O)[C@@H](N)CCC(=O)O)ccc1C21OCc2ccccc21. The topological polar surface area (TPSA) is 157 Å². The second-order valence-electron chi connectivity index (χ2n) is 10.4. The predicted octanol–water partition coefficient (Wildman–Crippen LogP) is 3.32. The van der Waals surface area contributed by atoms with Crippen molar-refractivity contribution in [1.82, 2.24) is 4.90 Å². The molecule has 1 unspecified atom stereocenters. The number of rotatable bonds is 6. The summed E-state index contributed by atoms with van der Waals surface area (Å²) in [6.07, 6.45) is 0.947. The minimum atomic E-state index is -1.02. The van der Waals surface area contributed by atoms with Gasteiger partial charge >= 0.3 is 5.97 Å². The van der Waals surface area contributed by atoms with Crippen LogP contribution in [0.15, 0.2) is 60.7 Å². The summed E-state index contributed by atoms with van der Waals surface area (Å²) in [5, 5.41) is 11.8. The maximum atomic E-state index is 13.3. The van der Waals surface area contributed by atoms with Crippen LogP contribution in [0.2, 0.25) is 0 Å². The smallest absolute Gasteiger partial charge is 0.303 e. The second kappa shape index (κ2) is 9.96. The van der Waals surface area contributed by atoms with Gasteiger partial charge in [0.25, 0.3) is 0 Å². The standard InChI is InChI=1S/C30H30N4O6/c31-18-7-9-21-25(14-18)40-26-15-19(8-10-22(26)30(21)20-5-2-1-4-17(20)16-39-30)33-28(37)24-6-3-13-34(24)29(38)23(32)11-12-27(35)36/h1-2,4-5,7-10,14-15,23-24H,3,6,11-13,16,31-32H2,(H,33,37)(H,35,36)/t23-,24-,30?/m0/s1. The van der Waals surface area contributed by atoms with E-state index in [1.165, 1.54) is 4.90 Å². The van der Waals surface area contributed by atoms with Gasteiger partial charge in [-0.3, -0.25) is 14.4 Å². The number of carbonyl (C=O) groups excluding carboxylic acids is 2. The van der Waals surface area contributed by atoms with Gasteiger partial charge in [0.2, 0.25) is 11.8 Å². The van der Waals surface area contributed by atoms with Crippen molar-refractivity contribution in [3.8, 4) is 11.5 Å². The minimum Gasteiger partial charge on any atom is -0.481 e. The fourth-order valence-corrected chi connectivity index (χ4v) is 6.00. The Bertz CT molecular complexity index is 1520. The lowest BCUT2D eigenvalue weighted by Gasteiger charge is -2.37. The Morgan fingerprint density at radius 3 is 2.60 bits per heavy atom. The Hall–Kier alpha value is -4.41. The fraction of sp³-hybridized carbons (Fsp3) is 0.300. The molecule has 10 nitrogen and oxygen atoms in total. The normalized spacial score (nSPS) is 21.2. The third-order valence-corrected chi connectivity index (χ3v) is 7.90. The van der Waals surface area contributed by atoms with Crippen molar-refractivity contribution < 1.29 is 29.0 Å². The highest BCUT2D eigenvalue weighted by molar-refractivity contribution is 5.98. The fourth-order valence-electron chi connectivity index (χ4n) is 6.00. The quantitative estimate of drug-likeness (QED) is 0.346. The highest BCUT2D eigenvalue weighted by atomic mass is 16.5. The van der Waals surface area contributed by atoms with E-state index in [1.807, 2.05) is 36.4 Å². The molecule has 3 heterocycles. The summed E-state index contributed by atoms with van der Waals surface area (Å²) >= 11 is 0. The van der Waals surface area contributed by atoms with Gasteiger partial charge in [-0.05, 0) is 54.7 Å². The third kappa shape index (κ3) is 4.25. The minimum absolute atomic E-state index is 0.0140. The van der Waals surface area contributed by atoms with Gasteiger partial charge in [-0.15, -0.1) is 0 Å². The van der Waals surface area contributed by atoms with Gasteiger partial charge in [0, 0.05) is 47.6 Å². The number of amides is 2. The number of carbonyl (C=O) groups is 3. The highest BCUT2D eigenvalue weighted by Crippen LogP contribution is 2.56. The Kier molecular flexibility index (Phi) is 6.44. The first-order valence-electron chi connectivity index (χ1n) is 13.3. The van der Waals surface area contributed by atoms with Crippen LogP contribution >= 0.6 is 0 Å². The Morgan fingerprint density at radius 1 is 1.05 bits per heavy atom. The number of hydrogen-bond acceptors (Lipinski definition) is 7. The van der Waals surface area contributed by atoms with E-state index < -0.39 is 29.6 Å². The summed E-state index contributed by atoms with van der Waals surface area (Å²) in [5.41, 5.74) is 16.0. The molecule has 1 saturated heterocycles. The number of nitrogen functional groups attached to an aromatic ring is 1. The molecule has 206 valence electrons. The lowest BCUT2D eigenvalue weighted by atomic mass is 9.77. The number of benzene rings is 3. The van der Waals surface area contributed by atoms with E-state index in [9.17, 15) is 14.4 Å². The van der Waals surface area contributed by atoms with E-state index in [-0.39, 0.29) is 18.7 Å². The molecule has 40 heavy (non-hydrogen) atoms. The first-order valence-corrected chi connectivity index (χ1v) is 13.3. The number of nitrogens with one attached hydrogen (secondary N) is 1. The van der Waals surface area contributed by atoms with Crippen molar-refractivity contribution in [2.24, 2.45) is 5.73 Å². The molecular formula is C30H30N4O6. The second-order valence-corrected chi connectivity index (χ2v) is 10.4. The molecule has 2 amide bonds. The van der Waals surface area contributed by atoms with Gasteiger partial charge in [0.15, 0.2) is 5.60 Å². The average molecular weight is 543 g/mol. The van der Waals surface area contributed by atoms with E-state index in [0.29, 0.717) is 48.9 Å². The maximum absolute atomic E-state index is 13.3. The largest absolute Gasteiger partial charge is 0.481 e. The van der Waals surface area contributed by atoms with Gasteiger partial charge in [0.05, 0.1) is 12.6 Å². The zero-order chi connectivity index (χ0) is 28.0. The van der Waals surface area contributed by atoms with E-state index in [0.717, 1.165) is 22.3 Å². The Balaban J connectivity index is 1.28. The summed E-state index contributed by atoms with van der Waals surface area (Å²) in [7, 11) is 0. The molecule has 1 spiro atoms.